The summed E-state index contributed by atoms with van der Waals surface area (Å²) in [5.41, 5.74) is 5.96. The molecule has 0 radical (unpaired) electrons. The Labute approximate surface area is 107 Å². The van der Waals surface area contributed by atoms with Gasteiger partial charge >= 0.3 is 0 Å². The third-order valence-electron chi connectivity index (χ3n) is 4.01. The summed E-state index contributed by atoms with van der Waals surface area (Å²) in [7, 11) is 1.78. The van der Waals surface area contributed by atoms with E-state index >= 15 is 0 Å². The highest BCUT2D eigenvalue weighted by atomic mass is 16.5. The second-order valence-corrected chi connectivity index (χ2v) is 5.42. The molecule has 0 spiro atoms. The molecule has 2 atom stereocenters. The first kappa shape index (κ1) is 14.9. The van der Waals surface area contributed by atoms with E-state index in [4.69, 9.17) is 10.5 Å². The van der Waals surface area contributed by atoms with E-state index in [9.17, 15) is 0 Å². The largest absolute Gasteiger partial charge is 0.383 e. The van der Waals surface area contributed by atoms with Crippen molar-refractivity contribution < 1.29 is 4.74 Å². The van der Waals surface area contributed by atoms with Crippen molar-refractivity contribution in [1.29, 1.82) is 0 Å². The van der Waals surface area contributed by atoms with Crippen molar-refractivity contribution in [2.45, 2.75) is 58.0 Å². The minimum absolute atomic E-state index is 0.385. The minimum atomic E-state index is 0.385. The lowest BCUT2D eigenvalue weighted by Crippen LogP contribution is -2.38. The highest BCUT2D eigenvalue weighted by molar-refractivity contribution is 4.85. The molecule has 0 aromatic heterocycles. The molecule has 0 aromatic carbocycles. The Morgan fingerprint density at radius 3 is 2.59 bits per heavy atom. The van der Waals surface area contributed by atoms with Gasteiger partial charge in [-0.15, -0.1) is 0 Å². The molecule has 2 N–H and O–H groups in total. The second-order valence-electron chi connectivity index (χ2n) is 5.42. The van der Waals surface area contributed by atoms with Crippen LogP contribution in [0.4, 0.5) is 0 Å². The highest BCUT2D eigenvalue weighted by Gasteiger charge is 2.31. The van der Waals surface area contributed by atoms with Crippen molar-refractivity contribution in [3.8, 4) is 0 Å². The van der Waals surface area contributed by atoms with Gasteiger partial charge in [0.1, 0.15) is 0 Å². The van der Waals surface area contributed by atoms with Crippen LogP contribution in [0, 0.1) is 5.92 Å². The molecule has 0 saturated heterocycles. The lowest BCUT2D eigenvalue weighted by atomic mass is 10.1. The summed E-state index contributed by atoms with van der Waals surface area (Å²) in [6, 6.07) is 1.11. The fourth-order valence-electron chi connectivity index (χ4n) is 2.37. The zero-order chi connectivity index (χ0) is 12.7. The topological polar surface area (TPSA) is 38.5 Å². The van der Waals surface area contributed by atoms with Crippen LogP contribution in [0.2, 0.25) is 0 Å². The first-order valence-electron chi connectivity index (χ1n) is 7.17. The molecule has 17 heavy (non-hydrogen) atoms. The third kappa shape index (κ3) is 5.84. The van der Waals surface area contributed by atoms with Gasteiger partial charge in [0, 0.05) is 25.7 Å². The molecule has 0 aromatic rings. The van der Waals surface area contributed by atoms with E-state index < -0.39 is 0 Å². The average molecular weight is 242 g/mol. The van der Waals surface area contributed by atoms with E-state index in [1.165, 1.54) is 25.8 Å². The summed E-state index contributed by atoms with van der Waals surface area (Å²) in [6.45, 7) is 7.62. The van der Waals surface area contributed by atoms with Crippen LogP contribution < -0.4 is 5.73 Å². The molecule has 0 amide bonds. The maximum atomic E-state index is 5.96. The van der Waals surface area contributed by atoms with E-state index in [0.29, 0.717) is 6.04 Å². The van der Waals surface area contributed by atoms with Gasteiger partial charge in [0.15, 0.2) is 0 Å². The van der Waals surface area contributed by atoms with Crippen molar-refractivity contribution in [2.24, 2.45) is 11.7 Å². The van der Waals surface area contributed by atoms with E-state index in [2.05, 4.69) is 18.7 Å². The molecule has 1 fully saturated rings. The highest BCUT2D eigenvalue weighted by Crippen LogP contribution is 2.35. The van der Waals surface area contributed by atoms with Gasteiger partial charge in [-0.3, -0.25) is 4.90 Å². The molecule has 2 unspecified atom stereocenters. The fraction of sp³-hybridized carbons (Fsp3) is 1.00. The Morgan fingerprint density at radius 1 is 1.35 bits per heavy atom. The number of rotatable bonds is 10. The number of methoxy groups -OCH3 is 1. The molecule has 1 saturated carbocycles. The van der Waals surface area contributed by atoms with Gasteiger partial charge in [-0.05, 0) is 51.5 Å². The van der Waals surface area contributed by atoms with Crippen molar-refractivity contribution in [1.82, 2.24) is 4.90 Å². The summed E-state index contributed by atoms with van der Waals surface area (Å²) < 4.78 is 5.20. The van der Waals surface area contributed by atoms with Crippen molar-refractivity contribution >= 4 is 0 Å². The molecule has 0 bridgehead atoms. The molecule has 3 nitrogen and oxygen atoms in total. The first-order chi connectivity index (χ1) is 8.19. The van der Waals surface area contributed by atoms with Crippen molar-refractivity contribution in [3.05, 3.63) is 0 Å². The second kappa shape index (κ2) is 8.06. The zero-order valence-electron chi connectivity index (χ0n) is 11.8. The van der Waals surface area contributed by atoms with Crippen molar-refractivity contribution in [3.63, 3.8) is 0 Å². The first-order valence-corrected chi connectivity index (χ1v) is 7.17. The van der Waals surface area contributed by atoms with Gasteiger partial charge in [0.2, 0.25) is 0 Å². The van der Waals surface area contributed by atoms with Crippen molar-refractivity contribution in [2.75, 3.05) is 26.8 Å². The van der Waals surface area contributed by atoms with Gasteiger partial charge in [0.25, 0.3) is 0 Å². The van der Waals surface area contributed by atoms with Gasteiger partial charge in [-0.2, -0.15) is 0 Å². The Kier molecular flexibility index (Phi) is 7.09. The van der Waals surface area contributed by atoms with Crippen LogP contribution in [0.5, 0.6) is 0 Å². The molecule has 1 aliphatic carbocycles. The Morgan fingerprint density at radius 2 is 2.06 bits per heavy atom. The molecule has 102 valence electrons. The van der Waals surface area contributed by atoms with Gasteiger partial charge in [-0.25, -0.2) is 0 Å². The number of nitrogens with two attached hydrogens (primary N) is 1. The Bertz CT molecular complexity index is 195. The van der Waals surface area contributed by atoms with Crippen LogP contribution in [-0.2, 0) is 4.74 Å². The standard InChI is InChI=1S/C14H30N2O/c1-4-14(15)6-5-9-16(10-11-17-3)12(2)13-7-8-13/h12-14H,4-11,15H2,1-3H3. The van der Waals surface area contributed by atoms with E-state index in [1.54, 1.807) is 7.11 Å². The maximum Gasteiger partial charge on any atom is 0.0589 e. The Balaban J connectivity index is 2.24. The lowest BCUT2D eigenvalue weighted by Gasteiger charge is -2.29. The van der Waals surface area contributed by atoms with Crippen LogP contribution in [0.1, 0.15) is 46.0 Å². The van der Waals surface area contributed by atoms with E-state index in [-0.39, 0.29) is 0 Å². The van der Waals surface area contributed by atoms with Crippen LogP contribution in [-0.4, -0.2) is 43.8 Å². The maximum absolute atomic E-state index is 5.96. The number of hydrogen-bond donors (Lipinski definition) is 1. The molecular weight excluding hydrogens is 212 g/mol. The molecule has 0 heterocycles. The minimum Gasteiger partial charge on any atom is -0.383 e. The summed E-state index contributed by atoms with van der Waals surface area (Å²) in [4.78, 5) is 2.59. The SMILES string of the molecule is CCC(N)CCCN(CCOC)C(C)C1CC1. The lowest BCUT2D eigenvalue weighted by molar-refractivity contribution is 0.115. The third-order valence-corrected chi connectivity index (χ3v) is 4.01. The normalized spacial score (nSPS) is 19.6. The van der Waals surface area contributed by atoms with Gasteiger partial charge < -0.3 is 10.5 Å². The predicted octanol–water partition coefficient (Wildman–Crippen LogP) is 2.25. The number of nitrogens with zero attached hydrogens (tertiary/aromatic N) is 1. The molecule has 1 rings (SSSR count). The van der Waals surface area contributed by atoms with E-state index in [1.807, 2.05) is 0 Å². The number of hydrogen-bond acceptors (Lipinski definition) is 3. The fourth-order valence-corrected chi connectivity index (χ4v) is 2.37. The van der Waals surface area contributed by atoms with Crippen LogP contribution >= 0.6 is 0 Å². The molecule has 0 aliphatic heterocycles. The zero-order valence-corrected chi connectivity index (χ0v) is 11.8. The van der Waals surface area contributed by atoms with E-state index in [0.717, 1.165) is 38.0 Å². The van der Waals surface area contributed by atoms with Crippen LogP contribution in [0.3, 0.4) is 0 Å². The van der Waals surface area contributed by atoms with Gasteiger partial charge in [0.05, 0.1) is 6.61 Å². The molecular formula is C14H30N2O. The van der Waals surface area contributed by atoms with Crippen LogP contribution in [0.25, 0.3) is 0 Å². The molecule has 3 heteroatoms. The number of ether oxygens (including phenoxy) is 1. The predicted molar refractivity (Wildman–Crippen MR) is 73.1 cm³/mol. The average Bonchev–Trinajstić information content (AvgIpc) is 3.16. The monoisotopic (exact) mass is 242 g/mol. The Hall–Kier alpha value is -0.120. The van der Waals surface area contributed by atoms with Gasteiger partial charge in [-0.1, -0.05) is 6.92 Å². The summed E-state index contributed by atoms with van der Waals surface area (Å²) in [6.07, 6.45) is 6.29. The summed E-state index contributed by atoms with van der Waals surface area (Å²) in [5.74, 6) is 0.937. The quantitative estimate of drug-likeness (QED) is 0.638. The smallest absolute Gasteiger partial charge is 0.0589 e. The summed E-state index contributed by atoms with van der Waals surface area (Å²) >= 11 is 0. The molecule has 1 aliphatic rings. The van der Waals surface area contributed by atoms with Crippen LogP contribution in [0.15, 0.2) is 0 Å². The summed E-state index contributed by atoms with van der Waals surface area (Å²) in [5, 5.41) is 0.